The second-order valence-corrected chi connectivity index (χ2v) is 4.68. The zero-order chi connectivity index (χ0) is 13.8. The summed E-state index contributed by atoms with van der Waals surface area (Å²) in [4.78, 5) is 8.71. The van der Waals surface area contributed by atoms with Crippen LogP contribution in [-0.2, 0) is 0 Å². The number of nitrogens with zero attached hydrogens (tertiary/aromatic N) is 2. The van der Waals surface area contributed by atoms with Crippen LogP contribution in [0.2, 0.25) is 5.02 Å². The Bertz CT molecular complexity index is 587. The van der Waals surface area contributed by atoms with Gasteiger partial charge in [0.1, 0.15) is 5.82 Å². The van der Waals surface area contributed by atoms with E-state index in [1.165, 1.54) is 12.1 Å². The summed E-state index contributed by atoms with van der Waals surface area (Å²) < 4.78 is 13.1. The molecule has 0 radical (unpaired) electrons. The number of aryl methyl sites for hydroxylation is 1. The topological polar surface area (TPSA) is 37.8 Å². The van der Waals surface area contributed by atoms with Crippen molar-refractivity contribution in [3.05, 3.63) is 40.8 Å². The maximum absolute atomic E-state index is 13.1. The second-order valence-electron chi connectivity index (χ2n) is 4.27. The van der Waals surface area contributed by atoms with Crippen molar-refractivity contribution in [2.24, 2.45) is 0 Å². The quantitative estimate of drug-likeness (QED) is 0.917. The maximum atomic E-state index is 13.1. The Morgan fingerprint density at radius 3 is 2.74 bits per heavy atom. The number of aromatic nitrogens is 2. The SMILES string of the molecule is CCCNc1nc(C)cc(-c2ccc(F)cc2Cl)n1. The van der Waals surface area contributed by atoms with Gasteiger partial charge in [-0.1, -0.05) is 18.5 Å². The van der Waals surface area contributed by atoms with Gasteiger partial charge in [0.2, 0.25) is 5.95 Å². The summed E-state index contributed by atoms with van der Waals surface area (Å²) >= 11 is 6.05. The van der Waals surface area contributed by atoms with E-state index < -0.39 is 0 Å². The molecule has 0 bridgehead atoms. The van der Waals surface area contributed by atoms with E-state index in [0.717, 1.165) is 18.7 Å². The molecule has 0 aliphatic rings. The van der Waals surface area contributed by atoms with Crippen molar-refractivity contribution in [3.63, 3.8) is 0 Å². The lowest BCUT2D eigenvalue weighted by Gasteiger charge is -2.08. The number of nitrogens with one attached hydrogen (secondary N) is 1. The number of rotatable bonds is 4. The molecular formula is C14H15ClFN3. The van der Waals surface area contributed by atoms with Gasteiger partial charge < -0.3 is 5.32 Å². The first-order valence-electron chi connectivity index (χ1n) is 6.15. The summed E-state index contributed by atoms with van der Waals surface area (Å²) in [6, 6.07) is 6.12. The Labute approximate surface area is 116 Å². The van der Waals surface area contributed by atoms with Crippen molar-refractivity contribution in [2.75, 3.05) is 11.9 Å². The number of benzene rings is 1. The minimum Gasteiger partial charge on any atom is -0.354 e. The third-order valence-electron chi connectivity index (χ3n) is 2.59. The molecule has 19 heavy (non-hydrogen) atoms. The molecule has 0 spiro atoms. The molecule has 1 aromatic heterocycles. The van der Waals surface area contributed by atoms with E-state index in [1.54, 1.807) is 6.07 Å². The highest BCUT2D eigenvalue weighted by molar-refractivity contribution is 6.33. The molecule has 3 nitrogen and oxygen atoms in total. The predicted molar refractivity (Wildman–Crippen MR) is 76.0 cm³/mol. The Hall–Kier alpha value is -1.68. The van der Waals surface area contributed by atoms with Crippen LogP contribution in [0.25, 0.3) is 11.3 Å². The lowest BCUT2D eigenvalue weighted by Crippen LogP contribution is -2.05. The van der Waals surface area contributed by atoms with Gasteiger partial charge >= 0.3 is 0 Å². The van der Waals surface area contributed by atoms with Crippen LogP contribution in [0.3, 0.4) is 0 Å². The van der Waals surface area contributed by atoms with Crippen LogP contribution >= 0.6 is 11.6 Å². The summed E-state index contributed by atoms with van der Waals surface area (Å²) in [5, 5.41) is 3.48. The van der Waals surface area contributed by atoms with Gasteiger partial charge in [-0.3, -0.25) is 0 Å². The second kappa shape index (κ2) is 5.97. The Kier molecular flexibility index (Phi) is 4.32. The van der Waals surface area contributed by atoms with Crippen molar-refractivity contribution in [1.29, 1.82) is 0 Å². The molecule has 2 aromatic rings. The maximum Gasteiger partial charge on any atom is 0.223 e. The molecule has 0 unspecified atom stereocenters. The minimum absolute atomic E-state index is 0.347. The van der Waals surface area contributed by atoms with Gasteiger partial charge in [0, 0.05) is 17.8 Å². The van der Waals surface area contributed by atoms with Gasteiger partial charge in [-0.2, -0.15) is 0 Å². The average Bonchev–Trinajstić information content (AvgIpc) is 2.35. The zero-order valence-electron chi connectivity index (χ0n) is 10.9. The van der Waals surface area contributed by atoms with Crippen molar-refractivity contribution in [1.82, 2.24) is 9.97 Å². The molecule has 0 fully saturated rings. The number of halogens is 2. The van der Waals surface area contributed by atoms with E-state index in [1.807, 2.05) is 13.0 Å². The third-order valence-corrected chi connectivity index (χ3v) is 2.91. The van der Waals surface area contributed by atoms with Gasteiger partial charge in [-0.25, -0.2) is 14.4 Å². The minimum atomic E-state index is -0.358. The molecule has 0 saturated heterocycles. The molecule has 0 atom stereocenters. The summed E-state index contributed by atoms with van der Waals surface area (Å²) in [5.74, 6) is 0.209. The average molecular weight is 280 g/mol. The molecule has 2 rings (SSSR count). The Morgan fingerprint density at radius 1 is 1.26 bits per heavy atom. The number of hydrogen-bond acceptors (Lipinski definition) is 3. The van der Waals surface area contributed by atoms with E-state index in [-0.39, 0.29) is 5.82 Å². The summed E-state index contributed by atoms with van der Waals surface area (Å²) in [6.45, 7) is 4.76. The van der Waals surface area contributed by atoms with Gasteiger partial charge in [0.05, 0.1) is 10.7 Å². The van der Waals surface area contributed by atoms with Gasteiger partial charge in [0.25, 0.3) is 0 Å². The van der Waals surface area contributed by atoms with Crippen LogP contribution in [0.15, 0.2) is 24.3 Å². The number of hydrogen-bond donors (Lipinski definition) is 1. The van der Waals surface area contributed by atoms with Crippen LogP contribution in [-0.4, -0.2) is 16.5 Å². The van der Waals surface area contributed by atoms with E-state index >= 15 is 0 Å². The molecule has 1 aromatic carbocycles. The van der Waals surface area contributed by atoms with Crippen LogP contribution < -0.4 is 5.32 Å². The summed E-state index contributed by atoms with van der Waals surface area (Å²) in [6.07, 6.45) is 0.990. The van der Waals surface area contributed by atoms with Gasteiger partial charge in [-0.15, -0.1) is 0 Å². The fourth-order valence-corrected chi connectivity index (χ4v) is 1.98. The molecule has 1 N–H and O–H groups in total. The Morgan fingerprint density at radius 2 is 2.05 bits per heavy atom. The van der Waals surface area contributed by atoms with Crippen molar-refractivity contribution in [2.45, 2.75) is 20.3 Å². The summed E-state index contributed by atoms with van der Waals surface area (Å²) in [5.41, 5.74) is 2.23. The molecule has 100 valence electrons. The van der Waals surface area contributed by atoms with Crippen LogP contribution in [0, 0.1) is 12.7 Å². The van der Waals surface area contributed by atoms with Crippen LogP contribution in [0.5, 0.6) is 0 Å². The van der Waals surface area contributed by atoms with Gasteiger partial charge in [-0.05, 0) is 37.6 Å². The largest absolute Gasteiger partial charge is 0.354 e. The molecule has 5 heteroatoms. The lowest BCUT2D eigenvalue weighted by atomic mass is 10.1. The third kappa shape index (κ3) is 3.41. The van der Waals surface area contributed by atoms with Gasteiger partial charge in [0.15, 0.2) is 0 Å². The van der Waals surface area contributed by atoms with Crippen LogP contribution in [0.1, 0.15) is 19.0 Å². The fraction of sp³-hybridized carbons (Fsp3) is 0.286. The molecular weight excluding hydrogens is 265 g/mol. The first-order chi connectivity index (χ1) is 9.10. The van der Waals surface area contributed by atoms with Crippen molar-refractivity contribution in [3.8, 4) is 11.3 Å². The highest BCUT2D eigenvalue weighted by atomic mass is 35.5. The molecule has 1 heterocycles. The smallest absolute Gasteiger partial charge is 0.223 e. The molecule has 0 aliphatic carbocycles. The monoisotopic (exact) mass is 279 g/mol. The first kappa shape index (κ1) is 13.7. The highest BCUT2D eigenvalue weighted by Gasteiger charge is 2.09. The van der Waals surface area contributed by atoms with E-state index in [4.69, 9.17) is 11.6 Å². The lowest BCUT2D eigenvalue weighted by molar-refractivity contribution is 0.628. The Balaban J connectivity index is 2.41. The summed E-state index contributed by atoms with van der Waals surface area (Å²) in [7, 11) is 0. The predicted octanol–water partition coefficient (Wildman–Crippen LogP) is 4.07. The van der Waals surface area contributed by atoms with E-state index in [0.29, 0.717) is 22.2 Å². The standard InChI is InChI=1S/C14H15ClFN3/c1-3-6-17-14-18-9(2)7-13(19-14)11-5-4-10(16)8-12(11)15/h4-5,7-8H,3,6H2,1-2H3,(H,17,18,19). The fourth-order valence-electron chi connectivity index (χ4n) is 1.72. The van der Waals surface area contributed by atoms with E-state index in [2.05, 4.69) is 22.2 Å². The molecule has 0 amide bonds. The van der Waals surface area contributed by atoms with E-state index in [9.17, 15) is 4.39 Å². The molecule has 0 aliphatic heterocycles. The molecule has 0 saturated carbocycles. The zero-order valence-corrected chi connectivity index (χ0v) is 11.6. The first-order valence-corrected chi connectivity index (χ1v) is 6.53. The number of anilines is 1. The normalized spacial score (nSPS) is 10.5. The van der Waals surface area contributed by atoms with Crippen molar-refractivity contribution < 1.29 is 4.39 Å². The van der Waals surface area contributed by atoms with Crippen LogP contribution in [0.4, 0.5) is 10.3 Å². The highest BCUT2D eigenvalue weighted by Crippen LogP contribution is 2.28. The van der Waals surface area contributed by atoms with Crippen molar-refractivity contribution >= 4 is 17.5 Å².